The highest BCUT2D eigenvalue weighted by Gasteiger charge is 2.42. The smallest absolute Gasteiger partial charge is 0.425 e. The lowest BCUT2D eigenvalue weighted by molar-refractivity contribution is -0.189. The van der Waals surface area contributed by atoms with E-state index in [1.165, 1.54) is 11.0 Å². The fourth-order valence-electron chi connectivity index (χ4n) is 3.02. The highest BCUT2D eigenvalue weighted by molar-refractivity contribution is 6.00. The van der Waals surface area contributed by atoms with Crippen molar-refractivity contribution in [3.05, 3.63) is 23.3 Å². The van der Waals surface area contributed by atoms with E-state index in [0.29, 0.717) is 12.0 Å². The molecule has 1 aromatic carbocycles. The number of ether oxygens (including phenoxy) is 2. The molecule has 1 aromatic rings. The first-order chi connectivity index (χ1) is 11.2. The molecule has 3 rings (SSSR count). The van der Waals surface area contributed by atoms with Crippen LogP contribution < -0.4 is 9.47 Å². The number of aliphatic hydroxyl groups is 1. The van der Waals surface area contributed by atoms with Crippen molar-refractivity contribution in [1.29, 1.82) is 0 Å². The molecule has 8 heteroatoms. The summed E-state index contributed by atoms with van der Waals surface area (Å²) in [4.78, 5) is 14.2. The molecule has 5 nitrogen and oxygen atoms in total. The number of aliphatic hydroxyl groups excluding tert-OH is 1. The van der Waals surface area contributed by atoms with E-state index in [2.05, 4.69) is 0 Å². The molecule has 0 spiro atoms. The van der Waals surface area contributed by atoms with E-state index in [1.54, 1.807) is 13.0 Å². The van der Waals surface area contributed by atoms with Gasteiger partial charge in [-0.05, 0) is 38.0 Å². The molecule has 1 amide bonds. The molecule has 3 atom stereocenters. The van der Waals surface area contributed by atoms with Gasteiger partial charge in [0.1, 0.15) is 23.7 Å². The van der Waals surface area contributed by atoms with E-state index in [0.717, 1.165) is 6.92 Å². The topological polar surface area (TPSA) is 59.0 Å². The molecule has 1 fully saturated rings. The number of amides is 1. The third-order valence-corrected chi connectivity index (χ3v) is 4.27. The largest absolute Gasteiger partial charge is 0.490 e. The van der Waals surface area contributed by atoms with E-state index in [9.17, 15) is 23.1 Å². The zero-order chi connectivity index (χ0) is 17.6. The summed E-state index contributed by atoms with van der Waals surface area (Å²) >= 11 is 0. The van der Waals surface area contributed by atoms with Crippen molar-refractivity contribution in [3.63, 3.8) is 0 Å². The minimum absolute atomic E-state index is 0.0201. The number of hydrogen-bond acceptors (Lipinski definition) is 4. The van der Waals surface area contributed by atoms with Crippen LogP contribution in [0.1, 0.15) is 29.3 Å². The Morgan fingerprint density at radius 2 is 2.12 bits per heavy atom. The number of benzene rings is 1. The molecule has 1 saturated heterocycles. The Bertz CT molecular complexity index is 661. The van der Waals surface area contributed by atoms with Crippen LogP contribution in [0, 0.1) is 6.92 Å². The molecule has 2 aliphatic rings. The van der Waals surface area contributed by atoms with Gasteiger partial charge in [0.25, 0.3) is 5.91 Å². The van der Waals surface area contributed by atoms with Gasteiger partial charge in [-0.2, -0.15) is 13.2 Å². The van der Waals surface area contributed by atoms with Gasteiger partial charge >= 0.3 is 6.18 Å². The van der Waals surface area contributed by atoms with Gasteiger partial charge in [-0.25, -0.2) is 0 Å². The van der Waals surface area contributed by atoms with Gasteiger partial charge in [-0.1, -0.05) is 0 Å². The minimum atomic E-state index is -4.54. The van der Waals surface area contributed by atoms with Crippen LogP contribution in [0.25, 0.3) is 0 Å². The second-order valence-electron chi connectivity index (χ2n) is 6.25. The molecular weight excluding hydrogens is 327 g/mol. The molecule has 2 heterocycles. The van der Waals surface area contributed by atoms with E-state index in [1.807, 2.05) is 0 Å². The highest BCUT2D eigenvalue weighted by atomic mass is 19.4. The SMILES string of the molecule is Cc1cc2c(c(O[C@H](C)C(F)(F)F)c1)C(=O)N1C[C@H](O)C[C@@H]1CO2. The summed E-state index contributed by atoms with van der Waals surface area (Å²) in [6.45, 7) is 2.90. The van der Waals surface area contributed by atoms with Crippen LogP contribution in [0.3, 0.4) is 0 Å². The van der Waals surface area contributed by atoms with Crippen LogP contribution in [0.15, 0.2) is 12.1 Å². The summed E-state index contributed by atoms with van der Waals surface area (Å²) in [6, 6.07) is 2.71. The maximum Gasteiger partial charge on any atom is 0.425 e. The Hall–Kier alpha value is -1.96. The molecule has 132 valence electrons. The summed E-state index contributed by atoms with van der Waals surface area (Å²) < 4.78 is 49.2. The number of carbonyl (C=O) groups is 1. The molecule has 0 bridgehead atoms. The summed E-state index contributed by atoms with van der Waals surface area (Å²) in [6.07, 6.45) is -6.88. The van der Waals surface area contributed by atoms with E-state index < -0.39 is 24.3 Å². The molecule has 0 radical (unpaired) electrons. The maximum absolute atomic E-state index is 12.8. The van der Waals surface area contributed by atoms with Crippen LogP contribution in [-0.4, -0.2) is 53.5 Å². The van der Waals surface area contributed by atoms with Crippen molar-refractivity contribution in [1.82, 2.24) is 4.90 Å². The van der Waals surface area contributed by atoms with Crippen LogP contribution >= 0.6 is 0 Å². The maximum atomic E-state index is 12.8. The van der Waals surface area contributed by atoms with E-state index in [4.69, 9.17) is 9.47 Å². The Balaban J connectivity index is 2.01. The molecule has 0 saturated carbocycles. The second-order valence-corrected chi connectivity index (χ2v) is 6.25. The predicted molar refractivity (Wildman–Crippen MR) is 78.3 cm³/mol. The third kappa shape index (κ3) is 3.02. The highest BCUT2D eigenvalue weighted by Crippen LogP contribution is 2.38. The number of halogens is 3. The quantitative estimate of drug-likeness (QED) is 0.894. The summed E-state index contributed by atoms with van der Waals surface area (Å²) in [5.41, 5.74) is 0.612. The number of rotatable bonds is 2. The Kier molecular flexibility index (Phi) is 4.11. The standard InChI is InChI=1S/C16H18F3NO4/c1-8-3-12-14(13(4-8)24-9(2)16(17,18)19)15(22)20-6-11(21)5-10(20)7-23-12/h3-4,9-11,21H,5-7H2,1-2H3/t9-,10-,11-/m1/s1. The van der Waals surface area contributed by atoms with Gasteiger partial charge in [0.05, 0.1) is 12.1 Å². The summed E-state index contributed by atoms with van der Waals surface area (Å²) in [5.74, 6) is -0.413. The van der Waals surface area contributed by atoms with Crippen molar-refractivity contribution in [3.8, 4) is 11.5 Å². The van der Waals surface area contributed by atoms with Crippen LogP contribution in [-0.2, 0) is 0 Å². The Labute approximate surface area is 137 Å². The van der Waals surface area contributed by atoms with Crippen LogP contribution in [0.5, 0.6) is 11.5 Å². The fraction of sp³-hybridized carbons (Fsp3) is 0.562. The van der Waals surface area contributed by atoms with Crippen molar-refractivity contribution in [2.75, 3.05) is 13.2 Å². The van der Waals surface area contributed by atoms with Crippen LogP contribution in [0.2, 0.25) is 0 Å². The monoisotopic (exact) mass is 345 g/mol. The summed E-state index contributed by atoms with van der Waals surface area (Å²) in [5, 5.41) is 9.75. The number of hydrogen-bond donors (Lipinski definition) is 1. The molecular formula is C16H18F3NO4. The lowest BCUT2D eigenvalue weighted by atomic mass is 10.1. The molecule has 0 aliphatic carbocycles. The van der Waals surface area contributed by atoms with Crippen molar-refractivity contribution < 1.29 is 32.5 Å². The lowest BCUT2D eigenvalue weighted by Crippen LogP contribution is -2.37. The van der Waals surface area contributed by atoms with Crippen molar-refractivity contribution in [2.24, 2.45) is 0 Å². The van der Waals surface area contributed by atoms with Crippen molar-refractivity contribution >= 4 is 5.91 Å². The second kappa shape index (κ2) is 5.84. The predicted octanol–water partition coefficient (Wildman–Crippen LogP) is 2.29. The molecule has 2 aliphatic heterocycles. The first-order valence-electron chi connectivity index (χ1n) is 7.66. The van der Waals surface area contributed by atoms with Gasteiger partial charge in [0.2, 0.25) is 0 Å². The zero-order valence-corrected chi connectivity index (χ0v) is 13.3. The number of alkyl halides is 3. The van der Waals surface area contributed by atoms with Crippen molar-refractivity contribution in [2.45, 2.75) is 44.7 Å². The average molecular weight is 345 g/mol. The normalized spacial score (nSPS) is 24.8. The van der Waals surface area contributed by atoms with Gasteiger partial charge in [-0.3, -0.25) is 4.79 Å². The van der Waals surface area contributed by atoms with Gasteiger partial charge in [0.15, 0.2) is 6.10 Å². The first-order valence-corrected chi connectivity index (χ1v) is 7.66. The van der Waals surface area contributed by atoms with Gasteiger partial charge in [-0.15, -0.1) is 0 Å². The summed E-state index contributed by atoms with van der Waals surface area (Å²) in [7, 11) is 0. The molecule has 1 N–H and O–H groups in total. The molecule has 24 heavy (non-hydrogen) atoms. The zero-order valence-electron chi connectivity index (χ0n) is 13.3. The van der Waals surface area contributed by atoms with Gasteiger partial charge < -0.3 is 19.5 Å². The van der Waals surface area contributed by atoms with Gasteiger partial charge in [0, 0.05) is 6.54 Å². The Morgan fingerprint density at radius 3 is 2.79 bits per heavy atom. The average Bonchev–Trinajstić information content (AvgIpc) is 2.78. The fourth-order valence-corrected chi connectivity index (χ4v) is 3.02. The number of fused-ring (bicyclic) bond motifs is 2. The molecule has 0 aromatic heterocycles. The van der Waals surface area contributed by atoms with E-state index >= 15 is 0 Å². The number of aryl methyl sites for hydroxylation is 1. The minimum Gasteiger partial charge on any atom is -0.490 e. The van der Waals surface area contributed by atoms with Crippen LogP contribution in [0.4, 0.5) is 13.2 Å². The van der Waals surface area contributed by atoms with E-state index in [-0.39, 0.29) is 36.3 Å². The number of carbonyl (C=O) groups excluding carboxylic acids is 1. The Morgan fingerprint density at radius 1 is 1.42 bits per heavy atom. The lowest BCUT2D eigenvalue weighted by Gasteiger charge is -2.23. The number of nitrogens with zero attached hydrogens (tertiary/aromatic N) is 1. The first kappa shape index (κ1) is 16.9. The third-order valence-electron chi connectivity index (χ3n) is 4.27. The molecule has 0 unspecified atom stereocenters.